The standard InChI is InChI=1S/C38H50N2O4S/c1-8-37(3,4)29-20-21-33(31(25-29)38(5,6)9-2)44-23-14-13-22-39-34(41)32-26-45-36(27-16-11-10-12-17-27)40(32)35(42)28-18-15-19-30(24-28)43-7/h10-12,15-21,24-25,32,36H,8-9,13-14,22-23,26H2,1-7H3,(H,39,41). The highest BCUT2D eigenvalue weighted by Crippen LogP contribution is 2.42. The van der Waals surface area contributed by atoms with Crippen LogP contribution >= 0.6 is 11.8 Å². The SMILES string of the molecule is CCC(C)(C)c1ccc(OCCCCNC(=O)C2CSC(c3ccccc3)N2C(=O)c2cccc(OC)c2)c(C(C)(C)CC)c1. The summed E-state index contributed by atoms with van der Waals surface area (Å²) in [7, 11) is 1.58. The number of nitrogens with one attached hydrogen (secondary N) is 1. The molecule has 2 atom stereocenters. The molecule has 4 rings (SSSR count). The summed E-state index contributed by atoms with van der Waals surface area (Å²) in [6.07, 6.45) is 3.69. The number of ether oxygens (including phenoxy) is 2. The van der Waals surface area contributed by atoms with Crippen molar-refractivity contribution in [2.45, 2.75) is 89.5 Å². The molecule has 0 spiro atoms. The molecule has 1 heterocycles. The van der Waals surface area contributed by atoms with Gasteiger partial charge in [0.1, 0.15) is 22.9 Å². The molecule has 1 N–H and O–H groups in total. The molecule has 0 saturated carbocycles. The first-order valence-electron chi connectivity index (χ1n) is 16.2. The second kappa shape index (κ2) is 15.2. The van der Waals surface area contributed by atoms with Gasteiger partial charge in [-0.3, -0.25) is 9.59 Å². The van der Waals surface area contributed by atoms with Crippen LogP contribution in [0, 0.1) is 0 Å². The number of carbonyl (C=O) groups is 2. The van der Waals surface area contributed by atoms with E-state index in [-0.39, 0.29) is 28.0 Å². The van der Waals surface area contributed by atoms with Crippen LogP contribution in [0.25, 0.3) is 0 Å². The molecule has 6 nitrogen and oxygen atoms in total. The van der Waals surface area contributed by atoms with Crippen LogP contribution in [-0.2, 0) is 15.6 Å². The highest BCUT2D eigenvalue weighted by atomic mass is 32.2. The molecule has 0 aliphatic carbocycles. The molecule has 242 valence electrons. The average molecular weight is 631 g/mol. The fourth-order valence-corrected chi connectivity index (χ4v) is 6.90. The zero-order valence-electron chi connectivity index (χ0n) is 28.0. The monoisotopic (exact) mass is 630 g/mol. The summed E-state index contributed by atoms with van der Waals surface area (Å²) in [5.74, 6) is 1.78. The van der Waals surface area contributed by atoms with Crippen LogP contribution < -0.4 is 14.8 Å². The van der Waals surface area contributed by atoms with E-state index in [1.54, 1.807) is 42.0 Å². The van der Waals surface area contributed by atoms with Crippen LogP contribution in [0.3, 0.4) is 0 Å². The van der Waals surface area contributed by atoms with Crippen LogP contribution in [-0.4, -0.2) is 48.8 Å². The molecular weight excluding hydrogens is 580 g/mol. The Bertz CT molecular complexity index is 1440. The summed E-state index contributed by atoms with van der Waals surface area (Å²) in [4.78, 5) is 29.1. The van der Waals surface area contributed by atoms with Gasteiger partial charge in [0.25, 0.3) is 5.91 Å². The summed E-state index contributed by atoms with van der Waals surface area (Å²) in [6.45, 7) is 14.7. The van der Waals surface area contributed by atoms with E-state index in [1.165, 1.54) is 11.1 Å². The largest absolute Gasteiger partial charge is 0.497 e. The van der Waals surface area contributed by atoms with Crippen molar-refractivity contribution in [3.63, 3.8) is 0 Å². The van der Waals surface area contributed by atoms with Gasteiger partial charge in [0, 0.05) is 23.4 Å². The Morgan fingerprint density at radius 3 is 2.33 bits per heavy atom. The highest BCUT2D eigenvalue weighted by Gasteiger charge is 2.42. The van der Waals surface area contributed by atoms with E-state index in [4.69, 9.17) is 9.47 Å². The zero-order valence-corrected chi connectivity index (χ0v) is 28.8. The van der Waals surface area contributed by atoms with Gasteiger partial charge < -0.3 is 19.7 Å². The third-order valence-corrected chi connectivity index (χ3v) is 10.6. The Kier molecular flexibility index (Phi) is 11.6. The number of hydrogen-bond donors (Lipinski definition) is 1. The topological polar surface area (TPSA) is 67.9 Å². The zero-order chi connectivity index (χ0) is 32.6. The molecule has 0 radical (unpaired) electrons. The second-order valence-electron chi connectivity index (χ2n) is 13.1. The van der Waals surface area contributed by atoms with Crippen molar-refractivity contribution in [2.75, 3.05) is 26.0 Å². The Balaban J connectivity index is 1.37. The van der Waals surface area contributed by atoms with Crippen molar-refractivity contribution in [3.8, 4) is 11.5 Å². The van der Waals surface area contributed by atoms with Crippen molar-refractivity contribution in [1.82, 2.24) is 10.2 Å². The van der Waals surface area contributed by atoms with E-state index >= 15 is 0 Å². The molecule has 1 saturated heterocycles. The predicted octanol–water partition coefficient (Wildman–Crippen LogP) is 8.30. The lowest BCUT2D eigenvalue weighted by atomic mass is 9.76. The van der Waals surface area contributed by atoms with Gasteiger partial charge in [-0.25, -0.2) is 0 Å². The Hall–Kier alpha value is -3.45. The van der Waals surface area contributed by atoms with Gasteiger partial charge in [0.05, 0.1) is 13.7 Å². The summed E-state index contributed by atoms with van der Waals surface area (Å²) in [5, 5.41) is 2.86. The third-order valence-electron chi connectivity index (χ3n) is 9.32. The molecule has 7 heteroatoms. The maximum absolute atomic E-state index is 13.8. The van der Waals surface area contributed by atoms with Crippen molar-refractivity contribution in [1.29, 1.82) is 0 Å². The minimum Gasteiger partial charge on any atom is -0.497 e. The summed E-state index contributed by atoms with van der Waals surface area (Å²) < 4.78 is 11.7. The number of carbonyl (C=O) groups excluding carboxylic acids is 2. The van der Waals surface area contributed by atoms with Crippen LogP contribution in [0.4, 0.5) is 0 Å². The van der Waals surface area contributed by atoms with Crippen LogP contribution in [0.5, 0.6) is 11.5 Å². The number of hydrogen-bond acceptors (Lipinski definition) is 5. The van der Waals surface area contributed by atoms with Crippen molar-refractivity contribution < 1.29 is 19.1 Å². The summed E-state index contributed by atoms with van der Waals surface area (Å²) in [5.41, 5.74) is 4.23. The van der Waals surface area contributed by atoms with Gasteiger partial charge in [-0.15, -0.1) is 11.8 Å². The Labute approximate surface area is 274 Å². The second-order valence-corrected chi connectivity index (χ2v) is 14.2. The first-order valence-corrected chi connectivity index (χ1v) is 17.3. The number of benzene rings is 3. The lowest BCUT2D eigenvalue weighted by molar-refractivity contribution is -0.124. The number of thioether (sulfide) groups is 1. The Morgan fingerprint density at radius 1 is 0.911 bits per heavy atom. The van der Waals surface area contributed by atoms with E-state index in [0.717, 1.165) is 37.0 Å². The molecule has 2 unspecified atom stereocenters. The van der Waals surface area contributed by atoms with Gasteiger partial charge in [-0.2, -0.15) is 0 Å². The van der Waals surface area contributed by atoms with Crippen LogP contribution in [0.1, 0.15) is 99.6 Å². The molecule has 0 bridgehead atoms. The van der Waals surface area contributed by atoms with E-state index in [0.29, 0.717) is 30.2 Å². The van der Waals surface area contributed by atoms with Crippen molar-refractivity contribution in [3.05, 3.63) is 95.1 Å². The molecule has 3 aromatic carbocycles. The minimum absolute atomic E-state index is 0.00817. The first kappa shape index (κ1) is 34.4. The van der Waals surface area contributed by atoms with Crippen molar-refractivity contribution in [2.24, 2.45) is 0 Å². The number of unbranched alkanes of at least 4 members (excludes halogenated alkanes) is 1. The molecule has 45 heavy (non-hydrogen) atoms. The van der Waals surface area contributed by atoms with E-state index in [1.807, 2.05) is 36.4 Å². The molecule has 0 aromatic heterocycles. The maximum Gasteiger partial charge on any atom is 0.255 e. The molecule has 1 aliphatic heterocycles. The average Bonchev–Trinajstić information content (AvgIpc) is 3.51. The maximum atomic E-state index is 13.8. The number of amides is 2. The van der Waals surface area contributed by atoms with E-state index < -0.39 is 6.04 Å². The normalized spacial score (nSPS) is 16.8. The number of rotatable bonds is 14. The number of methoxy groups -OCH3 is 1. The lowest BCUT2D eigenvalue weighted by Crippen LogP contribution is -2.48. The third kappa shape index (κ3) is 8.23. The van der Waals surface area contributed by atoms with Gasteiger partial charge in [0.15, 0.2) is 0 Å². The van der Waals surface area contributed by atoms with Crippen molar-refractivity contribution >= 4 is 23.6 Å². The predicted molar refractivity (Wildman–Crippen MR) is 185 cm³/mol. The molecule has 3 aromatic rings. The molecule has 2 amide bonds. The van der Waals surface area contributed by atoms with E-state index in [9.17, 15) is 9.59 Å². The highest BCUT2D eigenvalue weighted by molar-refractivity contribution is 7.99. The molecule has 1 fully saturated rings. The summed E-state index contributed by atoms with van der Waals surface area (Å²) in [6, 6.07) is 23.1. The van der Waals surface area contributed by atoms with E-state index in [2.05, 4.69) is 65.1 Å². The Morgan fingerprint density at radius 2 is 1.64 bits per heavy atom. The molecular formula is C38H50N2O4S. The minimum atomic E-state index is -0.570. The van der Waals surface area contributed by atoms with Gasteiger partial charge in [0.2, 0.25) is 5.91 Å². The molecule has 1 aliphatic rings. The van der Waals surface area contributed by atoms with Crippen LogP contribution in [0.2, 0.25) is 0 Å². The quantitative estimate of drug-likeness (QED) is 0.182. The smallest absolute Gasteiger partial charge is 0.255 e. The van der Waals surface area contributed by atoms with Crippen LogP contribution in [0.15, 0.2) is 72.8 Å². The van der Waals surface area contributed by atoms with Gasteiger partial charge in [-0.1, -0.05) is 90.1 Å². The first-order chi connectivity index (χ1) is 21.5. The fourth-order valence-electron chi connectivity index (χ4n) is 5.47. The van der Waals surface area contributed by atoms with Gasteiger partial charge >= 0.3 is 0 Å². The van der Waals surface area contributed by atoms with Gasteiger partial charge in [-0.05, 0) is 71.9 Å². The fraction of sp³-hybridized carbons (Fsp3) is 0.474. The lowest BCUT2D eigenvalue weighted by Gasteiger charge is -2.30. The number of nitrogens with zero attached hydrogens (tertiary/aromatic N) is 1. The summed E-state index contributed by atoms with van der Waals surface area (Å²) >= 11 is 1.62.